The number of hydrogen-bond donors (Lipinski definition) is 3. The summed E-state index contributed by atoms with van der Waals surface area (Å²) in [6.45, 7) is 5.71. The number of amides is 2. The fourth-order valence-corrected chi connectivity index (χ4v) is 4.08. The molecular formula is C20H30N2O5S. The molecule has 1 aromatic rings. The van der Waals surface area contributed by atoms with Gasteiger partial charge >= 0.3 is 6.09 Å². The van der Waals surface area contributed by atoms with Gasteiger partial charge in [0.15, 0.2) is 6.29 Å². The zero-order chi connectivity index (χ0) is 20.7. The van der Waals surface area contributed by atoms with Gasteiger partial charge in [0.1, 0.15) is 11.6 Å². The van der Waals surface area contributed by atoms with Crippen molar-refractivity contribution >= 4 is 23.8 Å². The Labute approximate surface area is 170 Å². The minimum absolute atomic E-state index is 0.318. The third-order valence-electron chi connectivity index (χ3n) is 4.31. The summed E-state index contributed by atoms with van der Waals surface area (Å²) < 4.78 is 5.29. The van der Waals surface area contributed by atoms with Crippen LogP contribution in [0.4, 0.5) is 4.79 Å². The van der Waals surface area contributed by atoms with E-state index < -0.39 is 30.1 Å². The van der Waals surface area contributed by atoms with Crippen molar-refractivity contribution in [1.82, 2.24) is 10.2 Å². The number of ether oxygens (including phenoxy) is 1. The van der Waals surface area contributed by atoms with Crippen molar-refractivity contribution in [3.63, 3.8) is 0 Å². The minimum atomic E-state index is -1.59. The monoisotopic (exact) mass is 410 g/mol. The van der Waals surface area contributed by atoms with Crippen molar-refractivity contribution in [2.45, 2.75) is 63.3 Å². The van der Waals surface area contributed by atoms with Crippen molar-refractivity contribution < 1.29 is 24.5 Å². The molecule has 2 rings (SSSR count). The van der Waals surface area contributed by atoms with Gasteiger partial charge in [0.2, 0.25) is 5.91 Å². The maximum Gasteiger partial charge on any atom is 0.408 e. The van der Waals surface area contributed by atoms with Crippen molar-refractivity contribution in [3.8, 4) is 0 Å². The van der Waals surface area contributed by atoms with Crippen molar-refractivity contribution in [3.05, 3.63) is 35.9 Å². The summed E-state index contributed by atoms with van der Waals surface area (Å²) >= 11 is 1.53. The molecule has 0 saturated carbocycles. The number of likely N-dealkylation sites (tertiary alicyclic amines) is 1. The van der Waals surface area contributed by atoms with Crippen LogP contribution >= 0.6 is 11.8 Å². The Morgan fingerprint density at radius 3 is 2.57 bits per heavy atom. The average Bonchev–Trinajstić information content (AvgIpc) is 3.09. The molecule has 1 heterocycles. The molecule has 0 aromatic heterocycles. The fraction of sp³-hybridized carbons (Fsp3) is 0.600. The lowest BCUT2D eigenvalue weighted by Crippen LogP contribution is -2.54. The molecule has 8 heteroatoms. The number of rotatable bonds is 7. The van der Waals surface area contributed by atoms with E-state index in [1.54, 1.807) is 20.8 Å². The van der Waals surface area contributed by atoms with Gasteiger partial charge in [-0.1, -0.05) is 30.3 Å². The zero-order valence-electron chi connectivity index (χ0n) is 16.6. The summed E-state index contributed by atoms with van der Waals surface area (Å²) in [5, 5.41) is 21.8. The molecule has 1 aliphatic rings. The Hall–Kier alpha value is -1.77. The van der Waals surface area contributed by atoms with Gasteiger partial charge in [0.05, 0.1) is 6.04 Å². The number of thioether (sulfide) groups is 1. The molecule has 28 heavy (non-hydrogen) atoms. The fourth-order valence-electron chi connectivity index (χ4n) is 3.07. The van der Waals surface area contributed by atoms with Crippen LogP contribution in [-0.2, 0) is 15.3 Å². The molecule has 7 nitrogen and oxygen atoms in total. The summed E-state index contributed by atoms with van der Waals surface area (Å²) in [5.41, 5.74) is 0.451. The molecule has 0 radical (unpaired) electrons. The van der Waals surface area contributed by atoms with E-state index in [-0.39, 0.29) is 5.91 Å². The molecule has 1 aromatic carbocycles. The van der Waals surface area contributed by atoms with Gasteiger partial charge in [0, 0.05) is 18.1 Å². The van der Waals surface area contributed by atoms with Gasteiger partial charge in [-0.3, -0.25) is 4.79 Å². The number of nitrogens with zero attached hydrogens (tertiary/aromatic N) is 1. The highest BCUT2D eigenvalue weighted by Gasteiger charge is 2.37. The lowest BCUT2D eigenvalue weighted by molar-refractivity contribution is -0.144. The smallest absolute Gasteiger partial charge is 0.408 e. The molecular weight excluding hydrogens is 380 g/mol. The summed E-state index contributed by atoms with van der Waals surface area (Å²) in [7, 11) is 0. The first kappa shape index (κ1) is 22.5. The summed E-state index contributed by atoms with van der Waals surface area (Å²) in [4.78, 5) is 26.7. The maximum absolute atomic E-state index is 13.0. The molecule has 2 amide bonds. The second-order valence-electron chi connectivity index (χ2n) is 7.85. The lowest BCUT2D eigenvalue weighted by Gasteiger charge is -2.30. The molecule has 1 fully saturated rings. The number of benzene rings is 1. The Morgan fingerprint density at radius 2 is 1.96 bits per heavy atom. The molecule has 1 saturated heterocycles. The van der Waals surface area contributed by atoms with Gasteiger partial charge < -0.3 is 25.2 Å². The average molecular weight is 411 g/mol. The molecule has 0 spiro atoms. The quantitative estimate of drug-likeness (QED) is 0.596. The SMILES string of the molecule is CC(C)(C)OC(=O)N[C@@H](CSCc1ccccc1)C(=O)N1CCC[C@H]1C(O)O. The van der Waals surface area contributed by atoms with Crippen LogP contribution in [0.2, 0.25) is 0 Å². The van der Waals surface area contributed by atoms with Gasteiger partial charge in [-0.15, -0.1) is 0 Å². The normalized spacial score (nSPS) is 18.2. The van der Waals surface area contributed by atoms with Crippen LogP contribution < -0.4 is 5.32 Å². The van der Waals surface area contributed by atoms with Crippen LogP contribution in [0.5, 0.6) is 0 Å². The largest absolute Gasteiger partial charge is 0.444 e. The summed E-state index contributed by atoms with van der Waals surface area (Å²) in [6, 6.07) is 8.41. The first-order valence-corrected chi connectivity index (χ1v) is 10.6. The van der Waals surface area contributed by atoms with Crippen LogP contribution in [0.3, 0.4) is 0 Å². The van der Waals surface area contributed by atoms with E-state index in [1.165, 1.54) is 16.7 Å². The molecule has 1 aliphatic heterocycles. The van der Waals surface area contributed by atoms with Crippen LogP contribution in [0.15, 0.2) is 30.3 Å². The highest BCUT2D eigenvalue weighted by molar-refractivity contribution is 7.98. The van der Waals surface area contributed by atoms with Crippen molar-refractivity contribution in [1.29, 1.82) is 0 Å². The molecule has 0 bridgehead atoms. The van der Waals surface area contributed by atoms with Gasteiger partial charge in [-0.2, -0.15) is 11.8 Å². The van der Waals surface area contributed by atoms with E-state index in [1.807, 2.05) is 30.3 Å². The maximum atomic E-state index is 13.0. The highest BCUT2D eigenvalue weighted by atomic mass is 32.2. The van der Waals surface area contributed by atoms with E-state index in [4.69, 9.17) is 4.74 Å². The number of carbonyl (C=O) groups excluding carboxylic acids is 2. The lowest BCUT2D eigenvalue weighted by atomic mass is 10.2. The first-order valence-electron chi connectivity index (χ1n) is 9.45. The number of aliphatic hydroxyl groups is 2. The third-order valence-corrected chi connectivity index (χ3v) is 5.42. The Morgan fingerprint density at radius 1 is 1.29 bits per heavy atom. The molecule has 0 unspecified atom stereocenters. The van der Waals surface area contributed by atoms with Gasteiger partial charge in [-0.05, 0) is 39.2 Å². The molecule has 156 valence electrons. The third kappa shape index (κ3) is 7.00. The van der Waals surface area contributed by atoms with Gasteiger partial charge in [-0.25, -0.2) is 4.79 Å². The Kier molecular flexibility index (Phi) is 8.15. The second-order valence-corrected chi connectivity index (χ2v) is 8.88. The van der Waals surface area contributed by atoms with Crippen LogP contribution in [0, 0.1) is 0 Å². The van der Waals surface area contributed by atoms with Crippen molar-refractivity contribution in [2.24, 2.45) is 0 Å². The predicted molar refractivity (Wildman–Crippen MR) is 109 cm³/mol. The van der Waals surface area contributed by atoms with Crippen molar-refractivity contribution in [2.75, 3.05) is 12.3 Å². The molecule has 3 N–H and O–H groups in total. The number of aliphatic hydroxyl groups excluding tert-OH is 1. The van der Waals surface area contributed by atoms with Crippen LogP contribution in [0.1, 0.15) is 39.2 Å². The standard InChI is InChI=1S/C20H30N2O5S/c1-20(2,3)27-19(26)21-15(13-28-12-14-8-5-4-6-9-14)17(23)22-11-7-10-16(22)18(24)25/h4-6,8-9,15-16,18,24-25H,7,10-13H2,1-3H3,(H,21,26)/t15-,16-/m0/s1. The summed E-state index contributed by atoms with van der Waals surface area (Å²) in [6.07, 6.45) is -1.03. The minimum Gasteiger partial charge on any atom is -0.444 e. The number of hydrogen-bond acceptors (Lipinski definition) is 6. The van der Waals surface area contributed by atoms with Gasteiger partial charge in [0.25, 0.3) is 0 Å². The van der Waals surface area contributed by atoms with E-state index in [9.17, 15) is 19.8 Å². The number of carbonyl (C=O) groups is 2. The number of nitrogens with one attached hydrogen (secondary N) is 1. The van der Waals surface area contributed by atoms with Crippen LogP contribution in [-0.4, -0.2) is 63.4 Å². The number of alkyl carbamates (subject to hydrolysis) is 1. The first-order chi connectivity index (χ1) is 13.2. The van der Waals surface area contributed by atoms with E-state index in [0.717, 1.165) is 5.56 Å². The molecule has 0 aliphatic carbocycles. The Bertz CT molecular complexity index is 648. The van der Waals surface area contributed by atoms with E-state index >= 15 is 0 Å². The summed E-state index contributed by atoms with van der Waals surface area (Å²) in [5.74, 6) is 0.742. The highest BCUT2D eigenvalue weighted by Crippen LogP contribution is 2.22. The Balaban J connectivity index is 2.04. The van der Waals surface area contributed by atoms with Crippen LogP contribution in [0.25, 0.3) is 0 Å². The van der Waals surface area contributed by atoms with E-state index in [0.29, 0.717) is 30.9 Å². The van der Waals surface area contributed by atoms with E-state index in [2.05, 4.69) is 5.32 Å². The molecule has 2 atom stereocenters. The second kappa shape index (κ2) is 10.1. The zero-order valence-corrected chi connectivity index (χ0v) is 17.4. The topological polar surface area (TPSA) is 99.1 Å². The predicted octanol–water partition coefficient (Wildman–Crippen LogP) is 2.11.